The quantitative estimate of drug-likeness (QED) is 0.304. The molecule has 0 aromatic heterocycles. The van der Waals surface area contributed by atoms with E-state index in [1.807, 2.05) is 32.0 Å². The van der Waals surface area contributed by atoms with Gasteiger partial charge in [0.25, 0.3) is 5.91 Å². The number of carbonyl (C=O) groups is 3. The summed E-state index contributed by atoms with van der Waals surface area (Å²) in [6, 6.07) is 4.27. The number of fused-ring (bicyclic) bond motifs is 1. The van der Waals surface area contributed by atoms with E-state index in [-0.39, 0.29) is 31.6 Å². The lowest BCUT2D eigenvalue weighted by Gasteiger charge is -2.38. The fourth-order valence-corrected chi connectivity index (χ4v) is 6.13. The van der Waals surface area contributed by atoms with Crippen molar-refractivity contribution >= 4 is 23.5 Å². The van der Waals surface area contributed by atoms with Gasteiger partial charge in [-0.15, -0.1) is 13.2 Å². The SMILES string of the molecule is C=CCCOC(=O)[C@@H]1[C@@H]2CCC3(O2)C(C(=O)N(CC=C)c2cc(C)ccc2C)N([C@H](C)CO)C(=O)[C@H]13. The smallest absolute Gasteiger partial charge is 0.312 e. The predicted molar refractivity (Wildman–Crippen MR) is 135 cm³/mol. The minimum atomic E-state index is -1.15. The van der Waals surface area contributed by atoms with Gasteiger partial charge in [-0.05, 0) is 57.2 Å². The van der Waals surface area contributed by atoms with Gasteiger partial charge in [-0.2, -0.15) is 0 Å². The van der Waals surface area contributed by atoms with Crippen LogP contribution in [0.2, 0.25) is 0 Å². The molecule has 2 unspecified atom stereocenters. The topological polar surface area (TPSA) is 96.4 Å². The highest BCUT2D eigenvalue weighted by Crippen LogP contribution is 2.59. The molecule has 6 atom stereocenters. The number of nitrogens with zero attached hydrogens (tertiary/aromatic N) is 2. The molecule has 2 amide bonds. The van der Waals surface area contributed by atoms with Crippen molar-refractivity contribution in [2.75, 3.05) is 24.7 Å². The summed E-state index contributed by atoms with van der Waals surface area (Å²) in [5, 5.41) is 10.0. The summed E-state index contributed by atoms with van der Waals surface area (Å²) in [5.41, 5.74) is 1.49. The lowest BCUT2D eigenvalue weighted by Crippen LogP contribution is -2.58. The highest BCUT2D eigenvalue weighted by molar-refractivity contribution is 6.05. The van der Waals surface area contributed by atoms with Crippen molar-refractivity contribution in [3.8, 4) is 0 Å². The maximum atomic E-state index is 14.4. The van der Waals surface area contributed by atoms with Crippen LogP contribution in [0.3, 0.4) is 0 Å². The first-order chi connectivity index (χ1) is 17.2. The van der Waals surface area contributed by atoms with Gasteiger partial charge in [0, 0.05) is 12.2 Å². The molecule has 8 heteroatoms. The number of aliphatic hydroxyl groups excluding tert-OH is 1. The van der Waals surface area contributed by atoms with E-state index in [0.717, 1.165) is 16.8 Å². The van der Waals surface area contributed by atoms with E-state index in [4.69, 9.17) is 9.47 Å². The van der Waals surface area contributed by atoms with Gasteiger partial charge < -0.3 is 24.4 Å². The van der Waals surface area contributed by atoms with Crippen LogP contribution >= 0.6 is 0 Å². The van der Waals surface area contributed by atoms with Gasteiger partial charge >= 0.3 is 5.97 Å². The molecule has 3 aliphatic heterocycles. The van der Waals surface area contributed by atoms with Crippen molar-refractivity contribution in [2.45, 2.75) is 63.8 Å². The molecule has 2 bridgehead atoms. The maximum absolute atomic E-state index is 14.4. The van der Waals surface area contributed by atoms with Crippen LogP contribution in [-0.2, 0) is 23.9 Å². The summed E-state index contributed by atoms with van der Waals surface area (Å²) in [4.78, 5) is 44.4. The van der Waals surface area contributed by atoms with Gasteiger partial charge in [-0.25, -0.2) is 0 Å². The van der Waals surface area contributed by atoms with E-state index in [2.05, 4.69) is 13.2 Å². The molecule has 1 spiro atoms. The van der Waals surface area contributed by atoms with E-state index < -0.39 is 41.6 Å². The van der Waals surface area contributed by atoms with E-state index in [1.165, 1.54) is 4.90 Å². The molecule has 1 aromatic rings. The third-order valence-electron chi connectivity index (χ3n) is 7.78. The Balaban J connectivity index is 1.77. The Kier molecular flexibility index (Phi) is 7.38. The molecule has 3 aliphatic rings. The minimum absolute atomic E-state index is 0.179. The molecule has 0 radical (unpaired) electrons. The standard InChI is InChI=1S/C28H36N2O6/c1-6-8-14-35-27(34)22-21-11-12-28(36-21)23(22)25(32)30(19(5)16-31)24(28)26(33)29(13-7-2)20-15-17(3)9-10-18(20)4/h6-7,9-10,15,19,21-24,31H,1-2,8,11-14,16H2,3-5H3/t19-,21+,22-,23+,24?,28?/m1/s1. The second-order valence-corrected chi connectivity index (χ2v) is 10.1. The normalized spacial score (nSPS) is 29.1. The van der Waals surface area contributed by atoms with Crippen molar-refractivity contribution in [3.63, 3.8) is 0 Å². The number of benzene rings is 1. The second kappa shape index (κ2) is 10.2. The third-order valence-corrected chi connectivity index (χ3v) is 7.78. The van der Waals surface area contributed by atoms with Gasteiger partial charge in [-0.1, -0.05) is 24.3 Å². The number of rotatable bonds is 10. The average Bonchev–Trinajstić information content (AvgIpc) is 3.50. The first-order valence-corrected chi connectivity index (χ1v) is 12.6. The zero-order valence-electron chi connectivity index (χ0n) is 21.3. The number of anilines is 1. The summed E-state index contributed by atoms with van der Waals surface area (Å²) in [7, 11) is 0. The van der Waals surface area contributed by atoms with Gasteiger partial charge in [-0.3, -0.25) is 14.4 Å². The zero-order chi connectivity index (χ0) is 26.2. The van der Waals surface area contributed by atoms with Crippen LogP contribution < -0.4 is 4.90 Å². The van der Waals surface area contributed by atoms with Crippen molar-refractivity contribution < 1.29 is 29.0 Å². The second-order valence-electron chi connectivity index (χ2n) is 10.1. The fourth-order valence-electron chi connectivity index (χ4n) is 6.13. The van der Waals surface area contributed by atoms with Gasteiger partial charge in [0.05, 0.1) is 37.2 Å². The largest absolute Gasteiger partial charge is 0.465 e. The Morgan fingerprint density at radius 2 is 2.08 bits per heavy atom. The first-order valence-electron chi connectivity index (χ1n) is 12.6. The fraction of sp³-hybridized carbons (Fsp3) is 0.536. The number of likely N-dealkylation sites (tertiary alicyclic amines) is 1. The molecule has 3 saturated heterocycles. The van der Waals surface area contributed by atoms with Crippen molar-refractivity contribution in [1.29, 1.82) is 0 Å². The molecule has 8 nitrogen and oxygen atoms in total. The van der Waals surface area contributed by atoms with E-state index in [9.17, 15) is 19.5 Å². The molecule has 36 heavy (non-hydrogen) atoms. The number of hydrogen-bond acceptors (Lipinski definition) is 6. The summed E-state index contributed by atoms with van der Waals surface area (Å²) in [6.45, 7) is 13.2. The van der Waals surface area contributed by atoms with Crippen LogP contribution in [-0.4, -0.2) is 71.3 Å². The van der Waals surface area contributed by atoms with Crippen LogP contribution in [0.1, 0.15) is 37.3 Å². The Labute approximate surface area is 212 Å². The summed E-state index contributed by atoms with van der Waals surface area (Å²) < 4.78 is 11.9. The monoisotopic (exact) mass is 496 g/mol. The number of esters is 1. The number of aryl methyl sites for hydroxylation is 2. The lowest BCUT2D eigenvalue weighted by molar-refractivity contribution is -0.155. The van der Waals surface area contributed by atoms with E-state index >= 15 is 0 Å². The van der Waals surface area contributed by atoms with E-state index in [0.29, 0.717) is 19.3 Å². The molecule has 194 valence electrons. The Morgan fingerprint density at radius 1 is 1.33 bits per heavy atom. The molecule has 3 fully saturated rings. The number of aliphatic hydroxyl groups is 1. The summed E-state index contributed by atoms with van der Waals surface area (Å²) >= 11 is 0. The van der Waals surface area contributed by atoms with Crippen LogP contribution in [0.25, 0.3) is 0 Å². The highest BCUT2D eigenvalue weighted by atomic mass is 16.6. The zero-order valence-corrected chi connectivity index (χ0v) is 21.3. The van der Waals surface area contributed by atoms with Gasteiger partial charge in [0.2, 0.25) is 5.91 Å². The number of hydrogen-bond donors (Lipinski definition) is 1. The number of ether oxygens (including phenoxy) is 2. The lowest BCUT2D eigenvalue weighted by atomic mass is 9.70. The molecule has 0 saturated carbocycles. The van der Waals surface area contributed by atoms with Crippen molar-refractivity contribution in [1.82, 2.24) is 4.90 Å². The predicted octanol–water partition coefficient (Wildman–Crippen LogP) is 2.70. The highest BCUT2D eigenvalue weighted by Gasteiger charge is 2.75. The Morgan fingerprint density at radius 3 is 2.75 bits per heavy atom. The molecule has 1 N–H and O–H groups in total. The van der Waals surface area contributed by atoms with Crippen LogP contribution in [0.5, 0.6) is 0 Å². The average molecular weight is 497 g/mol. The Hall–Kier alpha value is -2.97. The van der Waals surface area contributed by atoms with Gasteiger partial charge in [0.15, 0.2) is 0 Å². The number of amides is 2. The summed E-state index contributed by atoms with van der Waals surface area (Å²) in [5.74, 6) is -2.75. The Bertz CT molecular complexity index is 1070. The number of carbonyl (C=O) groups excluding carboxylic acids is 3. The third kappa shape index (κ3) is 4.06. The van der Waals surface area contributed by atoms with Gasteiger partial charge in [0.1, 0.15) is 11.6 Å². The minimum Gasteiger partial charge on any atom is -0.465 e. The molecular formula is C28H36N2O6. The summed E-state index contributed by atoms with van der Waals surface area (Å²) in [6.07, 6.45) is 4.37. The molecular weight excluding hydrogens is 460 g/mol. The molecule has 0 aliphatic carbocycles. The molecule has 3 heterocycles. The van der Waals surface area contributed by atoms with Crippen LogP contribution in [0.15, 0.2) is 43.5 Å². The maximum Gasteiger partial charge on any atom is 0.312 e. The molecule has 4 rings (SSSR count). The van der Waals surface area contributed by atoms with E-state index in [1.54, 1.807) is 24.0 Å². The molecule has 1 aromatic carbocycles. The first kappa shape index (κ1) is 26.1. The van der Waals surface area contributed by atoms with Crippen LogP contribution in [0, 0.1) is 25.7 Å². The van der Waals surface area contributed by atoms with Crippen molar-refractivity contribution in [2.24, 2.45) is 11.8 Å². The van der Waals surface area contributed by atoms with Crippen molar-refractivity contribution in [3.05, 3.63) is 54.6 Å². The van der Waals surface area contributed by atoms with Crippen LogP contribution in [0.4, 0.5) is 5.69 Å².